The molecule has 22 heavy (non-hydrogen) atoms. The van der Waals surface area contributed by atoms with Crippen LogP contribution in [0.3, 0.4) is 0 Å². The third-order valence-corrected chi connectivity index (χ3v) is 4.59. The lowest BCUT2D eigenvalue weighted by atomic mass is 10.1. The van der Waals surface area contributed by atoms with E-state index in [9.17, 15) is 0 Å². The summed E-state index contributed by atoms with van der Waals surface area (Å²) in [5, 5.41) is 3.46. The highest BCUT2D eigenvalue weighted by atomic mass is 16.5. The van der Waals surface area contributed by atoms with E-state index < -0.39 is 0 Å². The monoisotopic (exact) mass is 305 g/mol. The van der Waals surface area contributed by atoms with Gasteiger partial charge >= 0.3 is 0 Å². The maximum Gasteiger partial charge on any atom is 0.193 e. The molecule has 0 radical (unpaired) electrons. The second kappa shape index (κ2) is 7.13. The highest BCUT2D eigenvalue weighted by molar-refractivity contribution is 5.80. The number of hydrogen-bond donors (Lipinski definition) is 1. The fourth-order valence-electron chi connectivity index (χ4n) is 3.46. The first kappa shape index (κ1) is 15.3. The zero-order valence-corrected chi connectivity index (χ0v) is 13.7. The van der Waals surface area contributed by atoms with Crippen LogP contribution in [0, 0.1) is 5.92 Å². The van der Waals surface area contributed by atoms with Crippen molar-refractivity contribution >= 4 is 5.96 Å². The molecule has 1 fully saturated rings. The summed E-state index contributed by atoms with van der Waals surface area (Å²) in [4.78, 5) is 11.5. The average molecular weight is 305 g/mol. The Kier molecular flexibility index (Phi) is 4.97. The number of rotatable bonds is 4. The molecule has 2 aliphatic rings. The topological polar surface area (TPSA) is 54.7 Å². The summed E-state index contributed by atoms with van der Waals surface area (Å²) >= 11 is 0. The second-order valence-electron chi connectivity index (χ2n) is 6.26. The van der Waals surface area contributed by atoms with Gasteiger partial charge in [0.2, 0.25) is 0 Å². The zero-order chi connectivity index (χ0) is 15.4. The van der Waals surface area contributed by atoms with Crippen LogP contribution >= 0.6 is 0 Å². The van der Waals surface area contributed by atoms with Crippen LogP contribution in [-0.4, -0.2) is 54.3 Å². The van der Waals surface area contributed by atoms with Crippen molar-refractivity contribution in [1.82, 2.24) is 19.8 Å². The third-order valence-electron chi connectivity index (χ3n) is 4.59. The van der Waals surface area contributed by atoms with Crippen molar-refractivity contribution in [2.24, 2.45) is 10.9 Å². The lowest BCUT2D eigenvalue weighted by Crippen LogP contribution is -2.39. The average Bonchev–Trinajstić information content (AvgIpc) is 3.15. The Bertz CT molecular complexity index is 501. The van der Waals surface area contributed by atoms with Gasteiger partial charge in [0.05, 0.1) is 18.8 Å². The van der Waals surface area contributed by atoms with Gasteiger partial charge in [-0.15, -0.1) is 0 Å². The van der Waals surface area contributed by atoms with Crippen molar-refractivity contribution in [3.8, 4) is 0 Å². The lowest BCUT2D eigenvalue weighted by molar-refractivity contribution is 0.157. The molecular weight excluding hydrogens is 278 g/mol. The number of methoxy groups -OCH3 is 1. The number of aliphatic imine (C=N–C) groups is 1. The molecule has 0 saturated carbocycles. The van der Waals surface area contributed by atoms with Gasteiger partial charge in [-0.25, -0.2) is 4.98 Å². The first-order valence-electron chi connectivity index (χ1n) is 8.29. The van der Waals surface area contributed by atoms with Crippen molar-refractivity contribution in [3.05, 3.63) is 17.7 Å². The van der Waals surface area contributed by atoms with E-state index in [0.29, 0.717) is 5.92 Å². The molecule has 0 bridgehead atoms. The quantitative estimate of drug-likeness (QED) is 0.672. The van der Waals surface area contributed by atoms with Crippen LogP contribution in [0.5, 0.6) is 0 Å². The van der Waals surface area contributed by atoms with Crippen molar-refractivity contribution < 1.29 is 4.74 Å². The molecule has 1 atom stereocenters. The van der Waals surface area contributed by atoms with E-state index in [1.165, 1.54) is 25.1 Å². The maximum atomic E-state index is 5.26. The highest BCUT2D eigenvalue weighted by Crippen LogP contribution is 2.17. The highest BCUT2D eigenvalue weighted by Gasteiger charge is 2.24. The minimum atomic E-state index is 0.614. The van der Waals surface area contributed by atoms with E-state index in [0.717, 1.165) is 50.9 Å². The number of hydrogen-bond acceptors (Lipinski definition) is 3. The Hall–Kier alpha value is -1.56. The van der Waals surface area contributed by atoms with Crippen LogP contribution < -0.4 is 5.32 Å². The molecule has 0 amide bonds. The number of nitrogens with zero attached hydrogens (tertiary/aromatic N) is 4. The largest absolute Gasteiger partial charge is 0.384 e. The van der Waals surface area contributed by atoms with Crippen molar-refractivity contribution in [2.75, 3.05) is 33.9 Å². The molecule has 6 heteroatoms. The summed E-state index contributed by atoms with van der Waals surface area (Å²) in [7, 11) is 3.63. The van der Waals surface area contributed by atoms with Gasteiger partial charge < -0.3 is 19.5 Å². The molecule has 3 heterocycles. The third kappa shape index (κ3) is 3.43. The zero-order valence-electron chi connectivity index (χ0n) is 13.7. The Morgan fingerprint density at radius 1 is 1.45 bits per heavy atom. The minimum Gasteiger partial charge on any atom is -0.384 e. The van der Waals surface area contributed by atoms with Gasteiger partial charge in [-0.05, 0) is 19.3 Å². The van der Waals surface area contributed by atoms with Crippen molar-refractivity contribution in [3.63, 3.8) is 0 Å². The number of guanidine groups is 1. The van der Waals surface area contributed by atoms with Crippen LogP contribution in [0.25, 0.3) is 0 Å². The van der Waals surface area contributed by atoms with E-state index in [1.54, 1.807) is 7.11 Å². The smallest absolute Gasteiger partial charge is 0.193 e. The minimum absolute atomic E-state index is 0.614. The van der Waals surface area contributed by atoms with E-state index in [4.69, 9.17) is 9.72 Å². The van der Waals surface area contributed by atoms with Gasteiger partial charge in [0, 0.05) is 52.3 Å². The molecule has 122 valence electrons. The van der Waals surface area contributed by atoms with E-state index in [2.05, 4.69) is 26.0 Å². The molecule has 1 aromatic heterocycles. The van der Waals surface area contributed by atoms with E-state index in [-0.39, 0.29) is 0 Å². The Balaban J connectivity index is 1.54. The van der Waals surface area contributed by atoms with Crippen molar-refractivity contribution in [1.29, 1.82) is 0 Å². The molecule has 0 aliphatic carbocycles. The molecular formula is C16H27N5O. The number of nitrogens with one attached hydrogen (secondary N) is 1. The van der Waals surface area contributed by atoms with Crippen LogP contribution in [-0.2, 0) is 24.2 Å². The molecule has 1 N–H and O–H groups in total. The van der Waals surface area contributed by atoms with Gasteiger partial charge in [-0.1, -0.05) is 0 Å². The SMILES string of the molecule is CN=C(NCc1cn2c(n1)CCCC2)N1CCC(COC)C1. The molecule has 6 nitrogen and oxygen atoms in total. The number of imidazole rings is 1. The first-order chi connectivity index (χ1) is 10.8. The summed E-state index contributed by atoms with van der Waals surface area (Å²) in [6.07, 6.45) is 7.01. The fraction of sp³-hybridized carbons (Fsp3) is 0.750. The van der Waals surface area contributed by atoms with Gasteiger partial charge in [0.15, 0.2) is 5.96 Å². The van der Waals surface area contributed by atoms with E-state index >= 15 is 0 Å². The number of aromatic nitrogens is 2. The molecule has 1 unspecified atom stereocenters. The van der Waals surface area contributed by atoms with Gasteiger partial charge in [-0.3, -0.25) is 4.99 Å². The summed E-state index contributed by atoms with van der Waals surface area (Å²) < 4.78 is 7.56. The number of aryl methyl sites for hydroxylation is 2. The molecule has 1 aromatic rings. The molecule has 0 spiro atoms. The number of fused-ring (bicyclic) bond motifs is 1. The van der Waals surface area contributed by atoms with Gasteiger partial charge in [0.1, 0.15) is 5.82 Å². The Morgan fingerprint density at radius 2 is 2.36 bits per heavy atom. The van der Waals surface area contributed by atoms with Crippen LogP contribution in [0.2, 0.25) is 0 Å². The standard InChI is InChI=1S/C16H27N5O/c1-17-16(21-8-6-13(10-21)12-22-2)18-9-14-11-20-7-4-3-5-15(20)19-14/h11,13H,3-10,12H2,1-2H3,(H,17,18). The maximum absolute atomic E-state index is 5.26. The summed E-state index contributed by atoms with van der Waals surface area (Å²) in [5.74, 6) is 2.83. The first-order valence-corrected chi connectivity index (χ1v) is 8.29. The van der Waals surface area contributed by atoms with Crippen LogP contribution in [0.1, 0.15) is 30.8 Å². The summed E-state index contributed by atoms with van der Waals surface area (Å²) in [5.41, 5.74) is 1.12. The van der Waals surface area contributed by atoms with Crippen LogP contribution in [0.4, 0.5) is 0 Å². The van der Waals surface area contributed by atoms with Gasteiger partial charge in [-0.2, -0.15) is 0 Å². The lowest BCUT2D eigenvalue weighted by Gasteiger charge is -2.21. The van der Waals surface area contributed by atoms with Crippen molar-refractivity contribution in [2.45, 2.75) is 38.8 Å². The Labute approximate surface area is 132 Å². The molecule has 1 saturated heterocycles. The van der Waals surface area contributed by atoms with Gasteiger partial charge in [0.25, 0.3) is 0 Å². The number of likely N-dealkylation sites (tertiary alicyclic amines) is 1. The second-order valence-corrected chi connectivity index (χ2v) is 6.26. The predicted octanol–water partition coefficient (Wildman–Crippen LogP) is 1.26. The Morgan fingerprint density at radius 3 is 3.14 bits per heavy atom. The summed E-state index contributed by atoms with van der Waals surface area (Å²) in [6.45, 7) is 4.77. The molecule has 0 aromatic carbocycles. The van der Waals surface area contributed by atoms with E-state index in [1.807, 2.05) is 7.05 Å². The molecule has 2 aliphatic heterocycles. The number of ether oxygens (including phenoxy) is 1. The predicted molar refractivity (Wildman–Crippen MR) is 86.9 cm³/mol. The van der Waals surface area contributed by atoms with Crippen LogP contribution in [0.15, 0.2) is 11.2 Å². The normalized spacial score (nSPS) is 22.0. The molecule has 3 rings (SSSR count). The summed E-state index contributed by atoms with van der Waals surface area (Å²) in [6, 6.07) is 0. The fourth-order valence-corrected chi connectivity index (χ4v) is 3.46.